The van der Waals surface area contributed by atoms with E-state index in [-0.39, 0.29) is 17.7 Å². The maximum Gasteiger partial charge on any atom is 0.255 e. The van der Waals surface area contributed by atoms with Crippen molar-refractivity contribution >= 4 is 29.1 Å². The molecule has 0 aliphatic heterocycles. The van der Waals surface area contributed by atoms with Gasteiger partial charge >= 0.3 is 0 Å². The number of halogens is 2. The summed E-state index contributed by atoms with van der Waals surface area (Å²) in [5, 5.41) is 2.91. The van der Waals surface area contributed by atoms with E-state index < -0.39 is 5.54 Å². The standard InChI is InChI=1S/C14H19Cl2NO2/c1-4-14(8-15,9-16)17-13(18)11-7-10(2)5-6-12(11)19-3/h5-7H,4,8-9H2,1-3H3,(H,17,18). The van der Waals surface area contributed by atoms with E-state index in [4.69, 9.17) is 27.9 Å². The number of rotatable bonds is 6. The van der Waals surface area contributed by atoms with Gasteiger partial charge in [0.15, 0.2) is 0 Å². The third-order valence-corrected chi connectivity index (χ3v) is 4.19. The molecule has 1 amide bonds. The van der Waals surface area contributed by atoms with Crippen LogP contribution in [0.1, 0.15) is 29.3 Å². The highest BCUT2D eigenvalue weighted by Gasteiger charge is 2.29. The minimum Gasteiger partial charge on any atom is -0.496 e. The molecule has 106 valence electrons. The molecule has 1 N–H and O–H groups in total. The molecule has 0 saturated carbocycles. The van der Waals surface area contributed by atoms with Gasteiger partial charge in [-0.05, 0) is 25.5 Å². The number of aryl methyl sites for hydroxylation is 1. The van der Waals surface area contributed by atoms with E-state index in [0.29, 0.717) is 17.7 Å². The van der Waals surface area contributed by atoms with Crippen LogP contribution in [0.3, 0.4) is 0 Å². The van der Waals surface area contributed by atoms with Gasteiger partial charge in [0.1, 0.15) is 5.75 Å². The van der Waals surface area contributed by atoms with Crippen molar-refractivity contribution in [3.63, 3.8) is 0 Å². The quantitative estimate of drug-likeness (QED) is 0.818. The zero-order valence-corrected chi connectivity index (χ0v) is 12.9. The topological polar surface area (TPSA) is 38.3 Å². The number of methoxy groups -OCH3 is 1. The molecule has 1 aromatic rings. The van der Waals surface area contributed by atoms with Crippen LogP contribution in [0.25, 0.3) is 0 Å². The maximum absolute atomic E-state index is 12.4. The van der Waals surface area contributed by atoms with E-state index in [0.717, 1.165) is 5.56 Å². The molecule has 3 nitrogen and oxygen atoms in total. The second kappa shape index (κ2) is 7.01. The largest absolute Gasteiger partial charge is 0.496 e. The average molecular weight is 304 g/mol. The number of benzene rings is 1. The fourth-order valence-electron chi connectivity index (χ4n) is 1.69. The monoisotopic (exact) mass is 303 g/mol. The maximum atomic E-state index is 12.4. The van der Waals surface area contributed by atoms with Gasteiger partial charge in [0.25, 0.3) is 5.91 Å². The Morgan fingerprint density at radius 2 is 2.00 bits per heavy atom. The molecule has 1 aromatic carbocycles. The van der Waals surface area contributed by atoms with Crippen LogP contribution in [-0.2, 0) is 0 Å². The Kier molecular flexibility index (Phi) is 5.95. The van der Waals surface area contributed by atoms with Crippen LogP contribution in [0.5, 0.6) is 5.75 Å². The summed E-state index contributed by atoms with van der Waals surface area (Å²) in [6, 6.07) is 5.46. The summed E-state index contributed by atoms with van der Waals surface area (Å²) in [4.78, 5) is 12.4. The first kappa shape index (κ1) is 16.1. The van der Waals surface area contributed by atoms with E-state index >= 15 is 0 Å². The number of carbonyl (C=O) groups is 1. The summed E-state index contributed by atoms with van der Waals surface area (Å²) >= 11 is 11.9. The number of hydrogen-bond donors (Lipinski definition) is 1. The van der Waals surface area contributed by atoms with Crippen LogP contribution in [0, 0.1) is 6.92 Å². The minimum atomic E-state index is -0.588. The molecule has 0 atom stereocenters. The van der Waals surface area contributed by atoms with Crippen molar-refractivity contribution in [2.24, 2.45) is 0 Å². The molecule has 19 heavy (non-hydrogen) atoms. The molecule has 0 aromatic heterocycles. The summed E-state index contributed by atoms with van der Waals surface area (Å²) < 4.78 is 5.21. The Bertz CT molecular complexity index is 437. The third-order valence-electron chi connectivity index (χ3n) is 3.17. The van der Waals surface area contributed by atoms with Gasteiger partial charge in [-0.15, -0.1) is 23.2 Å². The highest BCUT2D eigenvalue weighted by molar-refractivity contribution is 6.22. The fourth-order valence-corrected chi connectivity index (χ4v) is 2.48. The Morgan fingerprint density at radius 3 is 2.47 bits per heavy atom. The van der Waals surface area contributed by atoms with Gasteiger partial charge in [-0.2, -0.15) is 0 Å². The molecule has 1 rings (SSSR count). The van der Waals surface area contributed by atoms with Gasteiger partial charge in [0.2, 0.25) is 0 Å². The number of ether oxygens (including phenoxy) is 1. The Balaban J connectivity index is 3.03. The average Bonchev–Trinajstić information content (AvgIpc) is 2.44. The predicted octanol–water partition coefficient (Wildman–Crippen LogP) is 3.36. The number of nitrogens with one attached hydrogen (secondary N) is 1. The molecule has 5 heteroatoms. The fraction of sp³-hybridized carbons (Fsp3) is 0.500. The second-order valence-corrected chi connectivity index (χ2v) is 5.09. The van der Waals surface area contributed by atoms with Gasteiger partial charge in [-0.1, -0.05) is 18.6 Å². The van der Waals surface area contributed by atoms with Gasteiger partial charge in [-0.25, -0.2) is 0 Å². The van der Waals surface area contributed by atoms with Gasteiger partial charge in [0, 0.05) is 11.8 Å². The molecule has 0 saturated heterocycles. The van der Waals surface area contributed by atoms with Gasteiger partial charge in [0.05, 0.1) is 18.2 Å². The summed E-state index contributed by atoms with van der Waals surface area (Å²) in [5.41, 5.74) is 0.898. The van der Waals surface area contributed by atoms with Crippen LogP contribution in [-0.4, -0.2) is 30.3 Å². The molecule has 0 fully saturated rings. The van der Waals surface area contributed by atoms with Crippen molar-refractivity contribution in [1.29, 1.82) is 0 Å². The second-order valence-electron chi connectivity index (χ2n) is 4.56. The Labute approximate surface area is 124 Å². The van der Waals surface area contributed by atoms with Crippen molar-refractivity contribution in [2.45, 2.75) is 25.8 Å². The molecular weight excluding hydrogens is 285 g/mol. The van der Waals surface area contributed by atoms with Crippen LogP contribution >= 0.6 is 23.2 Å². The first-order chi connectivity index (χ1) is 9.01. The SMILES string of the molecule is CCC(CCl)(CCl)NC(=O)c1cc(C)ccc1OC. The lowest BCUT2D eigenvalue weighted by atomic mass is 10.00. The van der Waals surface area contributed by atoms with E-state index in [1.54, 1.807) is 12.1 Å². The Morgan fingerprint density at radius 1 is 1.37 bits per heavy atom. The van der Waals surface area contributed by atoms with E-state index in [1.807, 2.05) is 19.9 Å². The van der Waals surface area contributed by atoms with Crippen molar-refractivity contribution in [1.82, 2.24) is 5.32 Å². The smallest absolute Gasteiger partial charge is 0.255 e. The van der Waals surface area contributed by atoms with Gasteiger partial charge < -0.3 is 10.1 Å². The number of alkyl halides is 2. The van der Waals surface area contributed by atoms with Crippen LogP contribution < -0.4 is 10.1 Å². The lowest BCUT2D eigenvalue weighted by molar-refractivity contribution is 0.0910. The zero-order valence-electron chi connectivity index (χ0n) is 11.4. The highest BCUT2D eigenvalue weighted by atomic mass is 35.5. The van der Waals surface area contributed by atoms with Crippen molar-refractivity contribution in [3.8, 4) is 5.75 Å². The lowest BCUT2D eigenvalue weighted by Crippen LogP contribution is -2.51. The first-order valence-electron chi connectivity index (χ1n) is 6.11. The molecule has 0 bridgehead atoms. The molecule has 0 radical (unpaired) electrons. The first-order valence-corrected chi connectivity index (χ1v) is 7.18. The highest BCUT2D eigenvalue weighted by Crippen LogP contribution is 2.22. The zero-order chi connectivity index (χ0) is 14.5. The molecule has 0 unspecified atom stereocenters. The predicted molar refractivity (Wildman–Crippen MR) is 79.7 cm³/mol. The van der Waals surface area contributed by atoms with Crippen LogP contribution in [0.15, 0.2) is 18.2 Å². The number of carbonyl (C=O) groups excluding carboxylic acids is 1. The molecule has 0 spiro atoms. The summed E-state index contributed by atoms with van der Waals surface area (Å²) in [6.45, 7) is 3.87. The summed E-state index contributed by atoms with van der Waals surface area (Å²) in [5.74, 6) is 0.862. The van der Waals surface area contributed by atoms with Crippen LogP contribution in [0.2, 0.25) is 0 Å². The van der Waals surface area contributed by atoms with Crippen molar-refractivity contribution in [3.05, 3.63) is 29.3 Å². The van der Waals surface area contributed by atoms with E-state index in [2.05, 4.69) is 5.32 Å². The number of amides is 1. The summed E-state index contributed by atoms with van der Waals surface area (Å²) in [6.07, 6.45) is 0.667. The lowest BCUT2D eigenvalue weighted by Gasteiger charge is -2.29. The third kappa shape index (κ3) is 3.77. The molecule has 0 heterocycles. The molecule has 0 aliphatic rings. The van der Waals surface area contributed by atoms with E-state index in [9.17, 15) is 4.79 Å². The Hall–Kier alpha value is -0.930. The number of hydrogen-bond acceptors (Lipinski definition) is 2. The molecular formula is C14H19Cl2NO2. The van der Waals surface area contributed by atoms with Crippen molar-refractivity contribution in [2.75, 3.05) is 18.9 Å². The minimum absolute atomic E-state index is 0.219. The molecule has 0 aliphatic carbocycles. The normalized spacial score (nSPS) is 11.2. The van der Waals surface area contributed by atoms with Gasteiger partial charge in [-0.3, -0.25) is 4.79 Å². The van der Waals surface area contributed by atoms with E-state index in [1.165, 1.54) is 7.11 Å². The summed E-state index contributed by atoms with van der Waals surface area (Å²) in [7, 11) is 1.54. The van der Waals surface area contributed by atoms with Crippen molar-refractivity contribution < 1.29 is 9.53 Å². The van der Waals surface area contributed by atoms with Crippen LogP contribution in [0.4, 0.5) is 0 Å².